The van der Waals surface area contributed by atoms with Gasteiger partial charge in [0.05, 0.1) is 23.7 Å². The van der Waals surface area contributed by atoms with Crippen LogP contribution in [0.5, 0.6) is 5.75 Å². The number of rotatable bonds is 7. The SMILES string of the molecule is COc1cccc2sc(N(CCCn3ccnc3)C(=O)c3cccc(C(F)(F)F)c3)nc12. The standard InChI is InChI=1S/C22H19F3N4O2S/c1-31-17-7-3-8-18-19(17)27-21(32-18)29(11-4-10-28-12-9-26-14-28)20(30)15-5-2-6-16(13-15)22(23,24)25/h2-3,5-9,12-14H,4,10-11H2,1H3. The molecule has 0 saturated carbocycles. The molecule has 0 N–H and O–H groups in total. The molecule has 0 radical (unpaired) electrons. The van der Waals surface area contributed by atoms with E-state index in [-0.39, 0.29) is 12.1 Å². The number of thiazole rings is 1. The predicted molar refractivity (Wildman–Crippen MR) is 116 cm³/mol. The monoisotopic (exact) mass is 460 g/mol. The predicted octanol–water partition coefficient (Wildman–Crippen LogP) is 5.26. The summed E-state index contributed by atoms with van der Waals surface area (Å²) < 4.78 is 47.6. The number of fused-ring (bicyclic) bond motifs is 1. The highest BCUT2D eigenvalue weighted by Crippen LogP contribution is 2.35. The van der Waals surface area contributed by atoms with Gasteiger partial charge in [-0.2, -0.15) is 13.2 Å². The molecule has 10 heteroatoms. The van der Waals surface area contributed by atoms with Crippen molar-refractivity contribution in [2.45, 2.75) is 19.1 Å². The molecule has 0 bridgehead atoms. The van der Waals surface area contributed by atoms with Crippen LogP contribution in [0.15, 0.2) is 61.2 Å². The first-order valence-electron chi connectivity index (χ1n) is 9.75. The van der Waals surface area contributed by atoms with Crippen molar-refractivity contribution in [3.8, 4) is 5.75 Å². The summed E-state index contributed by atoms with van der Waals surface area (Å²) in [6.07, 6.45) is 1.16. The van der Waals surface area contributed by atoms with Crippen LogP contribution in [0.1, 0.15) is 22.3 Å². The number of nitrogens with zero attached hydrogens (tertiary/aromatic N) is 4. The summed E-state index contributed by atoms with van der Waals surface area (Å²) in [5, 5.41) is 0.401. The smallest absolute Gasteiger partial charge is 0.416 e. The number of imidazole rings is 1. The highest BCUT2D eigenvalue weighted by atomic mass is 32.1. The number of aryl methyl sites for hydroxylation is 1. The second-order valence-electron chi connectivity index (χ2n) is 6.99. The molecule has 1 amide bonds. The summed E-state index contributed by atoms with van der Waals surface area (Å²) in [7, 11) is 1.53. The largest absolute Gasteiger partial charge is 0.494 e. The van der Waals surface area contributed by atoms with Crippen LogP contribution in [0.3, 0.4) is 0 Å². The van der Waals surface area contributed by atoms with Crippen LogP contribution in [0, 0.1) is 0 Å². The fraction of sp³-hybridized carbons (Fsp3) is 0.227. The van der Waals surface area contributed by atoms with E-state index >= 15 is 0 Å². The van der Waals surface area contributed by atoms with Crippen molar-refractivity contribution < 1.29 is 22.7 Å². The molecule has 0 aliphatic carbocycles. The van der Waals surface area contributed by atoms with Gasteiger partial charge in [0.2, 0.25) is 0 Å². The number of hydrogen-bond donors (Lipinski definition) is 0. The van der Waals surface area contributed by atoms with Crippen molar-refractivity contribution in [2.75, 3.05) is 18.6 Å². The number of carbonyl (C=O) groups excluding carboxylic acids is 1. The van der Waals surface area contributed by atoms with E-state index < -0.39 is 17.6 Å². The minimum absolute atomic E-state index is 0.0475. The average Bonchev–Trinajstić information content (AvgIpc) is 3.45. The van der Waals surface area contributed by atoms with Gasteiger partial charge < -0.3 is 9.30 Å². The summed E-state index contributed by atoms with van der Waals surface area (Å²) in [6.45, 7) is 0.871. The third-order valence-electron chi connectivity index (χ3n) is 4.86. The van der Waals surface area contributed by atoms with E-state index in [2.05, 4.69) is 9.97 Å². The van der Waals surface area contributed by atoms with Gasteiger partial charge in [-0.3, -0.25) is 9.69 Å². The Hall–Kier alpha value is -3.40. The number of halogens is 3. The quantitative estimate of drug-likeness (QED) is 0.378. The zero-order valence-electron chi connectivity index (χ0n) is 17.0. The van der Waals surface area contributed by atoms with Gasteiger partial charge in [-0.05, 0) is 36.8 Å². The van der Waals surface area contributed by atoms with E-state index in [1.165, 1.54) is 35.5 Å². The molecule has 0 saturated heterocycles. The van der Waals surface area contributed by atoms with Crippen molar-refractivity contribution in [3.05, 3.63) is 72.3 Å². The average molecular weight is 460 g/mol. The van der Waals surface area contributed by atoms with Gasteiger partial charge in [0.25, 0.3) is 5.91 Å². The van der Waals surface area contributed by atoms with E-state index in [4.69, 9.17) is 4.74 Å². The first kappa shape index (κ1) is 21.8. The molecule has 166 valence electrons. The molecule has 4 aromatic rings. The van der Waals surface area contributed by atoms with Crippen LogP contribution in [0.4, 0.5) is 18.3 Å². The third kappa shape index (κ3) is 4.59. The number of hydrogen-bond acceptors (Lipinski definition) is 5. The van der Waals surface area contributed by atoms with Crippen molar-refractivity contribution in [1.82, 2.24) is 14.5 Å². The van der Waals surface area contributed by atoms with Gasteiger partial charge in [-0.25, -0.2) is 9.97 Å². The molecule has 2 aromatic heterocycles. The highest BCUT2D eigenvalue weighted by molar-refractivity contribution is 7.22. The molecule has 0 fully saturated rings. The van der Waals surface area contributed by atoms with Gasteiger partial charge >= 0.3 is 6.18 Å². The molecular formula is C22H19F3N4O2S. The van der Waals surface area contributed by atoms with E-state index in [1.807, 2.05) is 22.9 Å². The topological polar surface area (TPSA) is 60.2 Å². The molecule has 0 aliphatic heterocycles. The lowest BCUT2D eigenvalue weighted by molar-refractivity contribution is -0.137. The number of amides is 1. The maximum absolute atomic E-state index is 13.3. The number of benzene rings is 2. The number of alkyl halides is 3. The van der Waals surface area contributed by atoms with Crippen molar-refractivity contribution in [3.63, 3.8) is 0 Å². The van der Waals surface area contributed by atoms with Gasteiger partial charge in [-0.1, -0.05) is 23.5 Å². The maximum atomic E-state index is 13.3. The number of para-hydroxylation sites is 1. The summed E-state index contributed by atoms with van der Waals surface area (Å²) >= 11 is 1.29. The third-order valence-corrected chi connectivity index (χ3v) is 5.90. The Morgan fingerprint density at radius 2 is 2.03 bits per heavy atom. The molecule has 0 aliphatic rings. The van der Waals surface area contributed by atoms with Crippen LogP contribution in [-0.4, -0.2) is 34.1 Å². The lowest BCUT2D eigenvalue weighted by Crippen LogP contribution is -2.32. The summed E-state index contributed by atoms with van der Waals surface area (Å²) in [5.74, 6) is 0.0228. The molecular weight excluding hydrogens is 441 g/mol. The second kappa shape index (κ2) is 8.99. The Kier molecular flexibility index (Phi) is 6.13. The van der Waals surface area contributed by atoms with E-state index in [9.17, 15) is 18.0 Å². The van der Waals surface area contributed by atoms with E-state index in [0.717, 1.165) is 16.8 Å². The summed E-state index contributed by atoms with van der Waals surface area (Å²) in [6, 6.07) is 9.89. The van der Waals surface area contributed by atoms with Crippen molar-refractivity contribution >= 4 is 32.6 Å². The summed E-state index contributed by atoms with van der Waals surface area (Å²) in [4.78, 5) is 23.3. The van der Waals surface area contributed by atoms with E-state index in [0.29, 0.717) is 29.4 Å². The first-order valence-corrected chi connectivity index (χ1v) is 10.6. The molecule has 0 spiro atoms. The van der Waals surface area contributed by atoms with Crippen LogP contribution in [0.25, 0.3) is 10.2 Å². The molecule has 4 rings (SSSR count). The van der Waals surface area contributed by atoms with Gasteiger partial charge in [-0.15, -0.1) is 0 Å². The van der Waals surface area contributed by atoms with Crippen LogP contribution in [-0.2, 0) is 12.7 Å². The Morgan fingerprint density at radius 1 is 1.22 bits per heavy atom. The molecule has 32 heavy (non-hydrogen) atoms. The van der Waals surface area contributed by atoms with Crippen LogP contribution >= 0.6 is 11.3 Å². The lowest BCUT2D eigenvalue weighted by atomic mass is 10.1. The van der Waals surface area contributed by atoms with E-state index in [1.54, 1.807) is 18.6 Å². The lowest BCUT2D eigenvalue weighted by Gasteiger charge is -2.20. The Bertz CT molecular complexity index is 1220. The van der Waals surface area contributed by atoms with Crippen LogP contribution < -0.4 is 9.64 Å². The number of anilines is 1. The number of carbonyl (C=O) groups is 1. The van der Waals surface area contributed by atoms with Crippen molar-refractivity contribution in [1.29, 1.82) is 0 Å². The molecule has 0 atom stereocenters. The zero-order valence-corrected chi connectivity index (χ0v) is 17.9. The Labute approximate surface area is 185 Å². The number of ether oxygens (including phenoxy) is 1. The maximum Gasteiger partial charge on any atom is 0.416 e. The van der Waals surface area contributed by atoms with Crippen molar-refractivity contribution in [2.24, 2.45) is 0 Å². The fourth-order valence-electron chi connectivity index (χ4n) is 3.29. The Morgan fingerprint density at radius 3 is 2.75 bits per heavy atom. The molecule has 6 nitrogen and oxygen atoms in total. The Balaban J connectivity index is 1.68. The molecule has 2 heterocycles. The number of methoxy groups -OCH3 is 1. The van der Waals surface area contributed by atoms with Gasteiger partial charge in [0, 0.05) is 31.0 Å². The minimum atomic E-state index is -4.54. The van der Waals surface area contributed by atoms with Gasteiger partial charge in [0.15, 0.2) is 5.13 Å². The fourth-order valence-corrected chi connectivity index (χ4v) is 4.30. The second-order valence-corrected chi connectivity index (χ2v) is 8.00. The first-order chi connectivity index (χ1) is 15.4. The summed E-state index contributed by atoms with van der Waals surface area (Å²) in [5.41, 5.74) is -0.312. The molecule has 2 aromatic carbocycles. The number of aromatic nitrogens is 3. The van der Waals surface area contributed by atoms with Gasteiger partial charge in [0.1, 0.15) is 11.3 Å². The zero-order chi connectivity index (χ0) is 22.7. The molecule has 0 unspecified atom stereocenters. The van der Waals surface area contributed by atoms with Crippen LogP contribution in [0.2, 0.25) is 0 Å². The minimum Gasteiger partial charge on any atom is -0.494 e. The normalized spacial score (nSPS) is 11.6. The highest BCUT2D eigenvalue weighted by Gasteiger charge is 2.32.